The summed E-state index contributed by atoms with van der Waals surface area (Å²) in [6.45, 7) is 5.47. The largest absolute Gasteiger partial charge is 0.461 e. The Bertz CT molecular complexity index is 677. The van der Waals surface area contributed by atoms with E-state index in [1.54, 1.807) is 6.26 Å². The zero-order valence-electron chi connectivity index (χ0n) is 14.9. The summed E-state index contributed by atoms with van der Waals surface area (Å²) < 4.78 is 7.40. The number of nitrogens with one attached hydrogen (secondary N) is 1. The van der Waals surface area contributed by atoms with Gasteiger partial charge in [-0.25, -0.2) is 0 Å². The fraction of sp³-hybridized carbons (Fsp3) is 0.611. The molecule has 1 aliphatic rings. The molecular formula is C18H26N4O2S. The molecule has 2 heterocycles. The lowest BCUT2D eigenvalue weighted by Crippen LogP contribution is -2.35. The van der Waals surface area contributed by atoms with Crippen molar-refractivity contribution < 1.29 is 9.21 Å². The minimum Gasteiger partial charge on any atom is -0.461 e. The van der Waals surface area contributed by atoms with Gasteiger partial charge in [-0.05, 0) is 44.7 Å². The average molecular weight is 362 g/mol. The zero-order valence-corrected chi connectivity index (χ0v) is 15.7. The van der Waals surface area contributed by atoms with E-state index >= 15 is 0 Å². The summed E-state index contributed by atoms with van der Waals surface area (Å²) >= 11 is 1.44. The van der Waals surface area contributed by atoms with Crippen LogP contribution in [-0.4, -0.2) is 32.5 Å². The van der Waals surface area contributed by atoms with E-state index in [4.69, 9.17) is 4.42 Å². The predicted molar refractivity (Wildman–Crippen MR) is 98.3 cm³/mol. The molecule has 1 N–H and O–H groups in total. The Morgan fingerprint density at radius 2 is 2.20 bits per heavy atom. The van der Waals surface area contributed by atoms with Crippen molar-refractivity contribution in [2.45, 2.75) is 62.9 Å². The van der Waals surface area contributed by atoms with Gasteiger partial charge < -0.3 is 9.73 Å². The van der Waals surface area contributed by atoms with Crippen LogP contribution >= 0.6 is 11.8 Å². The van der Waals surface area contributed by atoms with E-state index < -0.39 is 0 Å². The molecule has 1 atom stereocenters. The Balaban J connectivity index is 1.58. The van der Waals surface area contributed by atoms with Gasteiger partial charge in [-0.1, -0.05) is 31.0 Å². The molecule has 0 spiro atoms. The number of thioether (sulfide) groups is 1. The van der Waals surface area contributed by atoms with Crippen LogP contribution in [0.1, 0.15) is 46.0 Å². The molecule has 0 unspecified atom stereocenters. The normalized spacial score (nSPS) is 16.7. The lowest BCUT2D eigenvalue weighted by atomic mass is 9.89. The molecule has 6 nitrogen and oxygen atoms in total. The summed E-state index contributed by atoms with van der Waals surface area (Å²) in [5, 5.41) is 12.1. The summed E-state index contributed by atoms with van der Waals surface area (Å²) in [5.41, 5.74) is 0. The van der Waals surface area contributed by atoms with Crippen molar-refractivity contribution in [3.63, 3.8) is 0 Å². The second-order valence-electron chi connectivity index (χ2n) is 6.54. The molecule has 1 aliphatic carbocycles. The molecule has 0 aromatic carbocycles. The summed E-state index contributed by atoms with van der Waals surface area (Å²) in [6.07, 6.45) is 8.01. The van der Waals surface area contributed by atoms with Crippen LogP contribution < -0.4 is 5.32 Å². The highest BCUT2D eigenvalue weighted by Gasteiger charge is 2.22. The van der Waals surface area contributed by atoms with Gasteiger partial charge in [0.2, 0.25) is 5.91 Å². The fourth-order valence-corrected chi connectivity index (χ4v) is 4.18. The van der Waals surface area contributed by atoms with E-state index in [1.165, 1.54) is 43.9 Å². The third kappa shape index (κ3) is 4.45. The van der Waals surface area contributed by atoms with E-state index in [1.807, 2.05) is 30.5 Å². The number of furan rings is 1. The number of nitrogens with zero attached hydrogens (tertiary/aromatic N) is 3. The quantitative estimate of drug-likeness (QED) is 0.760. The lowest BCUT2D eigenvalue weighted by molar-refractivity contribution is -0.120. The van der Waals surface area contributed by atoms with Gasteiger partial charge in [0.05, 0.1) is 11.5 Å². The van der Waals surface area contributed by atoms with E-state index in [9.17, 15) is 4.79 Å². The van der Waals surface area contributed by atoms with Crippen molar-refractivity contribution in [1.82, 2.24) is 20.1 Å². The number of carbonyl (C=O) groups excluding carboxylic acids is 1. The van der Waals surface area contributed by atoms with Gasteiger partial charge in [0.25, 0.3) is 0 Å². The van der Waals surface area contributed by atoms with Crippen LogP contribution in [0.3, 0.4) is 0 Å². The number of rotatable bonds is 7. The summed E-state index contributed by atoms with van der Waals surface area (Å²) in [4.78, 5) is 12.4. The molecule has 0 saturated heterocycles. The number of hydrogen-bond donors (Lipinski definition) is 1. The minimum absolute atomic E-state index is 0.0702. The molecule has 3 rings (SSSR count). The third-order valence-corrected chi connectivity index (χ3v) is 5.80. The van der Waals surface area contributed by atoms with E-state index in [-0.39, 0.29) is 11.2 Å². The third-order valence-electron chi connectivity index (χ3n) is 4.72. The zero-order chi connectivity index (χ0) is 17.6. The van der Waals surface area contributed by atoms with Crippen LogP contribution in [0, 0.1) is 5.92 Å². The van der Waals surface area contributed by atoms with Crippen molar-refractivity contribution >= 4 is 17.7 Å². The number of carbonyl (C=O) groups is 1. The molecule has 7 heteroatoms. The Labute approximate surface area is 152 Å². The maximum atomic E-state index is 12.4. The van der Waals surface area contributed by atoms with Gasteiger partial charge >= 0.3 is 0 Å². The Hall–Kier alpha value is -1.76. The van der Waals surface area contributed by atoms with Gasteiger partial charge in [-0.2, -0.15) is 0 Å². The first kappa shape index (κ1) is 18.0. The van der Waals surface area contributed by atoms with Gasteiger partial charge in [0, 0.05) is 13.1 Å². The molecule has 1 amide bonds. The molecule has 0 bridgehead atoms. The van der Waals surface area contributed by atoms with Crippen molar-refractivity contribution in [2.24, 2.45) is 5.92 Å². The first-order chi connectivity index (χ1) is 12.2. The van der Waals surface area contributed by atoms with Gasteiger partial charge in [-0.3, -0.25) is 9.36 Å². The SMILES string of the molecule is CCn1c(S[C@H](C)C(=O)NCC2CCCCC2)nnc1-c1ccco1. The molecule has 1 fully saturated rings. The van der Waals surface area contributed by atoms with E-state index in [2.05, 4.69) is 15.5 Å². The molecule has 136 valence electrons. The number of aromatic nitrogens is 3. The van der Waals surface area contributed by atoms with Crippen molar-refractivity contribution in [2.75, 3.05) is 6.54 Å². The molecular weight excluding hydrogens is 336 g/mol. The minimum atomic E-state index is -0.206. The standard InChI is InChI=1S/C18H26N4O2S/c1-3-22-16(15-10-7-11-24-15)20-21-18(22)25-13(2)17(23)19-12-14-8-5-4-6-9-14/h7,10-11,13-14H,3-6,8-9,12H2,1-2H3,(H,19,23)/t13-/m1/s1. The molecule has 2 aromatic heterocycles. The predicted octanol–water partition coefficient (Wildman–Crippen LogP) is 3.74. The van der Waals surface area contributed by atoms with Gasteiger partial charge in [0.1, 0.15) is 0 Å². The van der Waals surface area contributed by atoms with Crippen LogP contribution in [0.15, 0.2) is 28.0 Å². The molecule has 0 aliphatic heterocycles. The summed E-state index contributed by atoms with van der Waals surface area (Å²) in [6, 6.07) is 3.70. The van der Waals surface area contributed by atoms with Crippen molar-refractivity contribution in [3.05, 3.63) is 18.4 Å². The first-order valence-corrected chi connectivity index (χ1v) is 9.98. The van der Waals surface area contributed by atoms with E-state index in [0.717, 1.165) is 18.2 Å². The van der Waals surface area contributed by atoms with Crippen LogP contribution in [-0.2, 0) is 11.3 Å². The number of hydrogen-bond acceptors (Lipinski definition) is 5. The highest BCUT2D eigenvalue weighted by atomic mass is 32.2. The molecule has 25 heavy (non-hydrogen) atoms. The van der Waals surface area contributed by atoms with Crippen LogP contribution in [0.5, 0.6) is 0 Å². The number of amides is 1. The van der Waals surface area contributed by atoms with Crippen LogP contribution in [0.4, 0.5) is 0 Å². The maximum absolute atomic E-state index is 12.4. The summed E-state index contributed by atoms with van der Waals surface area (Å²) in [7, 11) is 0. The highest BCUT2D eigenvalue weighted by molar-refractivity contribution is 8.00. The Morgan fingerprint density at radius 1 is 1.40 bits per heavy atom. The molecule has 2 aromatic rings. The second-order valence-corrected chi connectivity index (χ2v) is 7.84. The van der Waals surface area contributed by atoms with Crippen LogP contribution in [0.2, 0.25) is 0 Å². The first-order valence-electron chi connectivity index (χ1n) is 9.10. The smallest absolute Gasteiger partial charge is 0.233 e. The maximum Gasteiger partial charge on any atom is 0.233 e. The van der Waals surface area contributed by atoms with Gasteiger partial charge in [0.15, 0.2) is 16.7 Å². The monoisotopic (exact) mass is 362 g/mol. The lowest BCUT2D eigenvalue weighted by Gasteiger charge is -2.22. The fourth-order valence-electron chi connectivity index (χ4n) is 3.24. The average Bonchev–Trinajstić information content (AvgIpc) is 3.29. The summed E-state index contributed by atoms with van der Waals surface area (Å²) in [5.74, 6) is 2.10. The van der Waals surface area contributed by atoms with E-state index in [0.29, 0.717) is 17.5 Å². The molecule has 0 radical (unpaired) electrons. The van der Waals surface area contributed by atoms with Crippen LogP contribution in [0.25, 0.3) is 11.6 Å². The van der Waals surface area contributed by atoms with Crippen molar-refractivity contribution in [3.8, 4) is 11.6 Å². The topological polar surface area (TPSA) is 73.0 Å². The van der Waals surface area contributed by atoms with Gasteiger partial charge in [-0.15, -0.1) is 10.2 Å². The molecule has 1 saturated carbocycles. The van der Waals surface area contributed by atoms with Crippen molar-refractivity contribution in [1.29, 1.82) is 0 Å². The Morgan fingerprint density at radius 3 is 2.88 bits per heavy atom. The second kappa shape index (κ2) is 8.56. The highest BCUT2D eigenvalue weighted by Crippen LogP contribution is 2.27. The Kier molecular flexibility index (Phi) is 6.18.